The quantitative estimate of drug-likeness (QED) is 0.588. The number of hydrogen-bond acceptors (Lipinski definition) is 4. The number of carbonyl (C=O) groups excluding carboxylic acids is 2. The lowest BCUT2D eigenvalue weighted by Crippen LogP contribution is -2.27. The Bertz CT molecular complexity index is 789. The monoisotopic (exact) mass is 413 g/mol. The van der Waals surface area contributed by atoms with E-state index in [9.17, 15) is 9.59 Å². The van der Waals surface area contributed by atoms with Crippen molar-refractivity contribution in [2.75, 3.05) is 29.9 Å². The summed E-state index contributed by atoms with van der Waals surface area (Å²) in [6, 6.07) is 15.9. The fourth-order valence-corrected chi connectivity index (χ4v) is 3.53. The molecule has 2 aromatic rings. The van der Waals surface area contributed by atoms with E-state index in [0.29, 0.717) is 6.54 Å². The minimum Gasteiger partial charge on any atom is -0.351 e. The third-order valence-corrected chi connectivity index (χ3v) is 5.62. The van der Waals surface area contributed by atoms with Crippen LogP contribution < -0.4 is 10.6 Å². The van der Waals surface area contributed by atoms with E-state index >= 15 is 0 Å². The topological polar surface area (TPSA) is 61.4 Å². The molecule has 2 aromatic carbocycles. The first-order valence-electron chi connectivity index (χ1n) is 10.0. The Kier molecular flexibility index (Phi) is 9.74. The molecule has 6 heteroatoms. The van der Waals surface area contributed by atoms with Crippen molar-refractivity contribution < 1.29 is 9.59 Å². The normalized spacial score (nSPS) is 10.8. The number of benzene rings is 2. The van der Waals surface area contributed by atoms with Gasteiger partial charge in [0.25, 0.3) is 0 Å². The van der Waals surface area contributed by atoms with Crippen LogP contribution in [0.15, 0.2) is 48.5 Å². The first kappa shape index (κ1) is 23.0. The van der Waals surface area contributed by atoms with Crippen molar-refractivity contribution in [1.82, 2.24) is 10.2 Å². The van der Waals surface area contributed by atoms with Gasteiger partial charge in [0.1, 0.15) is 0 Å². The molecule has 2 amide bonds. The van der Waals surface area contributed by atoms with Gasteiger partial charge in [-0.3, -0.25) is 14.5 Å². The van der Waals surface area contributed by atoms with Crippen LogP contribution in [0.25, 0.3) is 0 Å². The molecule has 0 aromatic heterocycles. The van der Waals surface area contributed by atoms with Gasteiger partial charge in [0.15, 0.2) is 0 Å². The zero-order valence-corrected chi connectivity index (χ0v) is 18.3. The van der Waals surface area contributed by atoms with Gasteiger partial charge < -0.3 is 10.6 Å². The van der Waals surface area contributed by atoms with Crippen molar-refractivity contribution in [3.8, 4) is 0 Å². The average Bonchev–Trinajstić information content (AvgIpc) is 2.73. The summed E-state index contributed by atoms with van der Waals surface area (Å²) in [4.78, 5) is 26.5. The van der Waals surface area contributed by atoms with Crippen LogP contribution in [0.5, 0.6) is 0 Å². The molecule has 0 saturated carbocycles. The lowest BCUT2D eigenvalue weighted by Gasteiger charge is -2.20. The molecular formula is C23H31N3O2S. The summed E-state index contributed by atoms with van der Waals surface area (Å²) in [6.07, 6.45) is 0. The second kappa shape index (κ2) is 12.3. The molecule has 156 valence electrons. The van der Waals surface area contributed by atoms with Gasteiger partial charge in [-0.25, -0.2) is 0 Å². The van der Waals surface area contributed by atoms with Crippen LogP contribution in [0, 0.1) is 6.92 Å². The second-order valence-corrected chi connectivity index (χ2v) is 7.90. The Morgan fingerprint density at radius 2 is 1.52 bits per heavy atom. The van der Waals surface area contributed by atoms with E-state index in [1.807, 2.05) is 43.3 Å². The summed E-state index contributed by atoms with van der Waals surface area (Å²) in [5, 5.41) is 5.81. The summed E-state index contributed by atoms with van der Waals surface area (Å²) >= 11 is 1.32. The smallest absolute Gasteiger partial charge is 0.234 e. The number of amides is 2. The van der Waals surface area contributed by atoms with Gasteiger partial charge in [0.05, 0.1) is 11.5 Å². The predicted octanol–water partition coefficient (Wildman–Crippen LogP) is 3.82. The number of aryl methyl sites for hydroxylation is 1. The Morgan fingerprint density at radius 3 is 2.17 bits per heavy atom. The molecule has 5 nitrogen and oxygen atoms in total. The van der Waals surface area contributed by atoms with Gasteiger partial charge in [0, 0.05) is 18.8 Å². The number of anilines is 1. The Hall–Kier alpha value is -2.31. The highest BCUT2D eigenvalue weighted by Crippen LogP contribution is 2.12. The highest BCUT2D eigenvalue weighted by atomic mass is 32.2. The molecule has 29 heavy (non-hydrogen) atoms. The van der Waals surface area contributed by atoms with E-state index in [1.165, 1.54) is 17.3 Å². The molecule has 0 heterocycles. The van der Waals surface area contributed by atoms with Crippen molar-refractivity contribution in [1.29, 1.82) is 0 Å². The minimum atomic E-state index is -0.101. The van der Waals surface area contributed by atoms with Crippen LogP contribution in [0.2, 0.25) is 0 Å². The van der Waals surface area contributed by atoms with E-state index in [1.54, 1.807) is 0 Å². The maximum Gasteiger partial charge on any atom is 0.234 e. The van der Waals surface area contributed by atoms with Crippen LogP contribution in [-0.4, -0.2) is 41.3 Å². The number of nitrogens with zero attached hydrogens (tertiary/aromatic N) is 1. The molecule has 2 rings (SSSR count). The highest BCUT2D eigenvalue weighted by molar-refractivity contribution is 8.00. The third kappa shape index (κ3) is 8.30. The molecule has 0 radical (unpaired) electrons. The number of rotatable bonds is 11. The first-order valence-corrected chi connectivity index (χ1v) is 11.2. The molecule has 0 unspecified atom stereocenters. The molecule has 0 aliphatic carbocycles. The van der Waals surface area contributed by atoms with Crippen molar-refractivity contribution in [2.45, 2.75) is 33.9 Å². The molecule has 0 bridgehead atoms. The van der Waals surface area contributed by atoms with Gasteiger partial charge in [-0.2, -0.15) is 0 Å². The van der Waals surface area contributed by atoms with Gasteiger partial charge in [-0.1, -0.05) is 55.8 Å². The summed E-state index contributed by atoms with van der Waals surface area (Å²) in [5.74, 6) is 0.353. The number of hydrogen-bond donors (Lipinski definition) is 2. The van der Waals surface area contributed by atoms with Gasteiger partial charge in [0.2, 0.25) is 11.8 Å². The largest absolute Gasteiger partial charge is 0.351 e. The molecule has 0 saturated heterocycles. The zero-order valence-electron chi connectivity index (χ0n) is 17.5. The van der Waals surface area contributed by atoms with E-state index in [-0.39, 0.29) is 23.3 Å². The number of thioether (sulfide) groups is 1. The maximum atomic E-state index is 12.2. The summed E-state index contributed by atoms with van der Waals surface area (Å²) < 4.78 is 0. The van der Waals surface area contributed by atoms with Gasteiger partial charge in [-0.15, -0.1) is 11.8 Å². The van der Waals surface area contributed by atoms with Crippen molar-refractivity contribution in [2.24, 2.45) is 0 Å². The predicted molar refractivity (Wildman–Crippen MR) is 122 cm³/mol. The lowest BCUT2D eigenvalue weighted by molar-refractivity contribution is -0.118. The van der Waals surface area contributed by atoms with E-state index in [0.717, 1.165) is 36.4 Å². The van der Waals surface area contributed by atoms with Crippen LogP contribution in [0.1, 0.15) is 30.5 Å². The number of nitrogens with one attached hydrogen (secondary N) is 2. The van der Waals surface area contributed by atoms with Crippen molar-refractivity contribution in [3.63, 3.8) is 0 Å². The third-order valence-electron chi connectivity index (χ3n) is 4.68. The minimum absolute atomic E-state index is 0.0595. The molecular weight excluding hydrogens is 382 g/mol. The summed E-state index contributed by atoms with van der Waals surface area (Å²) in [5.41, 5.74) is 4.29. The fraction of sp³-hybridized carbons (Fsp3) is 0.391. The van der Waals surface area contributed by atoms with E-state index < -0.39 is 0 Å². The van der Waals surface area contributed by atoms with E-state index in [2.05, 4.69) is 41.5 Å². The van der Waals surface area contributed by atoms with Gasteiger partial charge >= 0.3 is 0 Å². The SMILES string of the molecule is CCN(CC)Cc1ccccc1CNC(=O)CSCC(=O)Nc1ccc(C)cc1. The van der Waals surface area contributed by atoms with Gasteiger partial charge in [-0.05, 0) is 43.3 Å². The second-order valence-electron chi connectivity index (χ2n) is 6.91. The lowest BCUT2D eigenvalue weighted by atomic mass is 10.1. The average molecular weight is 414 g/mol. The standard InChI is InChI=1S/C23H31N3O2S/c1-4-26(5-2)15-20-9-7-6-8-19(20)14-24-22(27)16-29-17-23(28)25-21-12-10-18(3)11-13-21/h6-13H,4-5,14-17H2,1-3H3,(H,24,27)(H,25,28). The fourth-order valence-electron chi connectivity index (χ4n) is 2.89. The van der Waals surface area contributed by atoms with Crippen LogP contribution in [-0.2, 0) is 22.7 Å². The molecule has 0 fully saturated rings. The first-order chi connectivity index (χ1) is 14.0. The van der Waals surface area contributed by atoms with Crippen LogP contribution in [0.4, 0.5) is 5.69 Å². The van der Waals surface area contributed by atoms with Crippen molar-refractivity contribution in [3.05, 3.63) is 65.2 Å². The Balaban J connectivity index is 1.73. The Labute approximate surface area is 178 Å². The molecule has 0 aliphatic rings. The summed E-state index contributed by atoms with van der Waals surface area (Å²) in [6.45, 7) is 9.69. The van der Waals surface area contributed by atoms with Crippen LogP contribution >= 0.6 is 11.8 Å². The molecule has 2 N–H and O–H groups in total. The highest BCUT2D eigenvalue weighted by Gasteiger charge is 2.09. The molecule has 0 aliphatic heterocycles. The zero-order chi connectivity index (χ0) is 21.1. The van der Waals surface area contributed by atoms with E-state index in [4.69, 9.17) is 0 Å². The molecule has 0 atom stereocenters. The van der Waals surface area contributed by atoms with Crippen molar-refractivity contribution >= 4 is 29.3 Å². The number of carbonyl (C=O) groups is 2. The Morgan fingerprint density at radius 1 is 0.897 bits per heavy atom. The maximum absolute atomic E-state index is 12.2. The van der Waals surface area contributed by atoms with Crippen LogP contribution in [0.3, 0.4) is 0 Å². The molecule has 0 spiro atoms. The summed E-state index contributed by atoms with van der Waals surface area (Å²) in [7, 11) is 0.